The van der Waals surface area contributed by atoms with Crippen molar-refractivity contribution in [3.63, 3.8) is 0 Å². The van der Waals surface area contributed by atoms with Crippen molar-refractivity contribution in [2.24, 2.45) is 0 Å². The predicted molar refractivity (Wildman–Crippen MR) is 90.2 cm³/mol. The Morgan fingerprint density at radius 1 is 0.957 bits per heavy atom. The van der Waals surface area contributed by atoms with Crippen LogP contribution in [0, 0.1) is 20.8 Å². The van der Waals surface area contributed by atoms with Gasteiger partial charge in [-0.1, -0.05) is 29.8 Å². The molecule has 0 saturated carbocycles. The molecule has 0 spiro atoms. The van der Waals surface area contributed by atoms with Gasteiger partial charge >= 0.3 is 5.97 Å². The lowest BCUT2D eigenvalue weighted by molar-refractivity contribution is 0.0687. The number of rotatable bonds is 3. The second-order valence-electron chi connectivity index (χ2n) is 5.77. The number of carboxylic acid groups (broad SMARTS) is 1. The van der Waals surface area contributed by atoms with Crippen molar-refractivity contribution in [2.75, 3.05) is 0 Å². The van der Waals surface area contributed by atoms with Crippen molar-refractivity contribution in [1.29, 1.82) is 0 Å². The number of hydrogen-bond donors (Lipinski definition) is 1. The number of benzene rings is 2. The van der Waals surface area contributed by atoms with Crippen molar-refractivity contribution >= 4 is 5.97 Å². The van der Waals surface area contributed by atoms with Crippen LogP contribution in [0.4, 0.5) is 0 Å². The van der Waals surface area contributed by atoms with Gasteiger partial charge in [0.25, 0.3) is 0 Å². The van der Waals surface area contributed by atoms with Gasteiger partial charge in [-0.05, 0) is 56.2 Å². The lowest BCUT2D eigenvalue weighted by atomic mass is 10.0. The minimum Gasteiger partial charge on any atom is -0.477 e. The summed E-state index contributed by atoms with van der Waals surface area (Å²) < 4.78 is 1.48. The zero-order valence-corrected chi connectivity index (χ0v) is 13.4. The fourth-order valence-electron chi connectivity index (χ4n) is 2.46. The van der Waals surface area contributed by atoms with Crippen LogP contribution in [-0.4, -0.2) is 20.9 Å². The average molecular weight is 306 g/mol. The molecule has 0 fully saturated rings. The number of nitrogens with zero attached hydrogens (tertiary/aromatic N) is 2. The third-order valence-electron chi connectivity index (χ3n) is 4.01. The molecule has 1 aromatic heterocycles. The number of aromatic carboxylic acids is 1. The molecular formula is C19H18N2O2. The highest BCUT2D eigenvalue weighted by Crippen LogP contribution is 2.24. The molecule has 0 aliphatic carbocycles. The highest BCUT2D eigenvalue weighted by molar-refractivity contribution is 5.88. The van der Waals surface area contributed by atoms with E-state index in [-0.39, 0.29) is 5.69 Å². The Hall–Kier alpha value is -2.88. The van der Waals surface area contributed by atoms with Crippen molar-refractivity contribution in [3.05, 3.63) is 70.9 Å². The first-order valence-electron chi connectivity index (χ1n) is 7.44. The maximum atomic E-state index is 11.6. The van der Waals surface area contributed by atoms with Crippen molar-refractivity contribution < 1.29 is 9.90 Å². The van der Waals surface area contributed by atoms with E-state index in [0.29, 0.717) is 5.69 Å². The molecule has 0 amide bonds. The molecule has 0 radical (unpaired) electrons. The van der Waals surface area contributed by atoms with E-state index in [2.05, 4.69) is 5.10 Å². The van der Waals surface area contributed by atoms with E-state index >= 15 is 0 Å². The first-order valence-corrected chi connectivity index (χ1v) is 7.44. The SMILES string of the molecule is Cc1ccc(-n2nc(-c3ccc(C)c(C)c3)cc2C(=O)O)cc1. The van der Waals surface area contributed by atoms with Crippen LogP contribution in [0.2, 0.25) is 0 Å². The monoisotopic (exact) mass is 306 g/mol. The highest BCUT2D eigenvalue weighted by Gasteiger charge is 2.16. The van der Waals surface area contributed by atoms with Gasteiger partial charge in [0.05, 0.1) is 11.4 Å². The van der Waals surface area contributed by atoms with Gasteiger partial charge in [0.1, 0.15) is 0 Å². The van der Waals surface area contributed by atoms with E-state index in [1.165, 1.54) is 10.2 Å². The van der Waals surface area contributed by atoms with Gasteiger partial charge in [0, 0.05) is 5.56 Å². The normalized spacial score (nSPS) is 10.7. The third-order valence-corrected chi connectivity index (χ3v) is 4.01. The molecule has 116 valence electrons. The van der Waals surface area contributed by atoms with Gasteiger partial charge < -0.3 is 5.11 Å². The summed E-state index contributed by atoms with van der Waals surface area (Å²) in [7, 11) is 0. The second-order valence-corrected chi connectivity index (χ2v) is 5.77. The van der Waals surface area contributed by atoms with Crippen LogP contribution >= 0.6 is 0 Å². The Balaban J connectivity index is 2.13. The molecule has 0 bridgehead atoms. The summed E-state index contributed by atoms with van der Waals surface area (Å²) in [6.45, 7) is 6.08. The Bertz CT molecular complexity index is 877. The van der Waals surface area contributed by atoms with Crippen LogP contribution in [0.15, 0.2) is 48.5 Å². The minimum absolute atomic E-state index is 0.155. The predicted octanol–water partition coefficient (Wildman–Crippen LogP) is 4.16. The summed E-state index contributed by atoms with van der Waals surface area (Å²) in [5.74, 6) is -0.992. The van der Waals surface area contributed by atoms with Gasteiger partial charge in [-0.3, -0.25) is 0 Å². The molecule has 2 aromatic carbocycles. The molecule has 0 aliphatic rings. The molecule has 4 nitrogen and oxygen atoms in total. The molecule has 0 aliphatic heterocycles. The van der Waals surface area contributed by atoms with Crippen molar-refractivity contribution in [3.8, 4) is 16.9 Å². The van der Waals surface area contributed by atoms with E-state index in [4.69, 9.17) is 0 Å². The smallest absolute Gasteiger partial charge is 0.354 e. The zero-order chi connectivity index (χ0) is 16.6. The Morgan fingerprint density at radius 3 is 2.26 bits per heavy atom. The third kappa shape index (κ3) is 2.88. The van der Waals surface area contributed by atoms with Gasteiger partial charge in [-0.2, -0.15) is 5.10 Å². The van der Waals surface area contributed by atoms with Crippen LogP contribution < -0.4 is 0 Å². The summed E-state index contributed by atoms with van der Waals surface area (Å²) in [5, 5.41) is 14.0. The van der Waals surface area contributed by atoms with Crippen LogP contribution in [0.3, 0.4) is 0 Å². The number of carbonyl (C=O) groups is 1. The molecule has 0 unspecified atom stereocenters. The Morgan fingerprint density at radius 2 is 1.65 bits per heavy atom. The molecule has 0 atom stereocenters. The molecule has 3 aromatic rings. The fraction of sp³-hybridized carbons (Fsp3) is 0.158. The van der Waals surface area contributed by atoms with E-state index in [0.717, 1.165) is 22.4 Å². The van der Waals surface area contributed by atoms with E-state index in [9.17, 15) is 9.90 Å². The maximum absolute atomic E-state index is 11.6. The summed E-state index contributed by atoms with van der Waals surface area (Å²) >= 11 is 0. The first kappa shape index (κ1) is 15.0. The Labute approximate surface area is 135 Å². The Kier molecular flexibility index (Phi) is 3.74. The lowest BCUT2D eigenvalue weighted by Gasteiger charge is -2.05. The van der Waals surface area contributed by atoms with Crippen LogP contribution in [-0.2, 0) is 0 Å². The summed E-state index contributed by atoms with van der Waals surface area (Å²) in [5.41, 5.74) is 5.94. The van der Waals surface area contributed by atoms with Crippen molar-refractivity contribution in [1.82, 2.24) is 9.78 Å². The summed E-state index contributed by atoms with van der Waals surface area (Å²) in [4.78, 5) is 11.6. The largest absolute Gasteiger partial charge is 0.477 e. The zero-order valence-electron chi connectivity index (χ0n) is 13.4. The molecule has 3 rings (SSSR count). The number of hydrogen-bond acceptors (Lipinski definition) is 2. The van der Waals surface area contributed by atoms with Crippen LogP contribution in [0.1, 0.15) is 27.2 Å². The molecule has 0 saturated heterocycles. The average Bonchev–Trinajstić information content (AvgIpc) is 2.96. The number of aryl methyl sites for hydroxylation is 3. The molecule has 4 heteroatoms. The van der Waals surface area contributed by atoms with Crippen LogP contribution in [0.5, 0.6) is 0 Å². The van der Waals surface area contributed by atoms with Gasteiger partial charge in [0.2, 0.25) is 0 Å². The molecule has 1 heterocycles. The van der Waals surface area contributed by atoms with Gasteiger partial charge in [-0.25, -0.2) is 9.48 Å². The van der Waals surface area contributed by atoms with Gasteiger partial charge in [-0.15, -0.1) is 0 Å². The van der Waals surface area contributed by atoms with E-state index in [1.807, 2.05) is 63.2 Å². The first-order chi connectivity index (χ1) is 11.0. The minimum atomic E-state index is -0.992. The maximum Gasteiger partial charge on any atom is 0.354 e. The molecular weight excluding hydrogens is 288 g/mol. The number of aromatic nitrogens is 2. The summed E-state index contributed by atoms with van der Waals surface area (Å²) in [6, 6.07) is 15.3. The van der Waals surface area contributed by atoms with Crippen LogP contribution in [0.25, 0.3) is 16.9 Å². The standard InChI is InChI=1S/C19H18N2O2/c1-12-4-8-16(9-5-12)21-18(19(22)23)11-17(20-21)15-7-6-13(2)14(3)10-15/h4-11H,1-3H3,(H,22,23). The fourth-order valence-corrected chi connectivity index (χ4v) is 2.46. The number of carboxylic acids is 1. The highest BCUT2D eigenvalue weighted by atomic mass is 16.4. The van der Waals surface area contributed by atoms with E-state index in [1.54, 1.807) is 6.07 Å². The quantitative estimate of drug-likeness (QED) is 0.790. The molecule has 1 N–H and O–H groups in total. The topological polar surface area (TPSA) is 55.1 Å². The second kappa shape index (κ2) is 5.72. The van der Waals surface area contributed by atoms with E-state index < -0.39 is 5.97 Å². The van der Waals surface area contributed by atoms with Gasteiger partial charge in [0.15, 0.2) is 5.69 Å². The molecule has 23 heavy (non-hydrogen) atoms. The summed E-state index contributed by atoms with van der Waals surface area (Å²) in [6.07, 6.45) is 0. The van der Waals surface area contributed by atoms with Crippen molar-refractivity contribution in [2.45, 2.75) is 20.8 Å². The lowest BCUT2D eigenvalue weighted by Crippen LogP contribution is -2.07.